The quantitative estimate of drug-likeness (QED) is 0.909. The number of carboxylic acids is 1. The number of nitrogens with zero attached hydrogens (tertiary/aromatic N) is 3. The minimum atomic E-state index is -1.12. The first kappa shape index (κ1) is 17.4. The molecule has 1 N–H and O–H groups in total. The van der Waals surface area contributed by atoms with E-state index >= 15 is 0 Å². The molecule has 2 aromatic heterocycles. The zero-order valence-corrected chi connectivity index (χ0v) is 14.9. The van der Waals surface area contributed by atoms with Gasteiger partial charge in [-0.25, -0.2) is 9.78 Å². The van der Waals surface area contributed by atoms with Gasteiger partial charge < -0.3 is 5.11 Å². The first-order valence-electron chi connectivity index (χ1n) is 7.87. The molecule has 25 heavy (non-hydrogen) atoms. The van der Waals surface area contributed by atoms with Gasteiger partial charge in [-0.2, -0.15) is 0 Å². The molecule has 1 atom stereocenters. The smallest absolute Gasteiger partial charge is 0.337 e. The van der Waals surface area contributed by atoms with Gasteiger partial charge in [0.05, 0.1) is 22.2 Å². The fraction of sp³-hybridized carbons (Fsp3) is 0.333. The zero-order chi connectivity index (χ0) is 18.4. The summed E-state index contributed by atoms with van der Waals surface area (Å²) >= 11 is 5.86. The van der Waals surface area contributed by atoms with Crippen LogP contribution in [-0.2, 0) is 11.2 Å². The highest BCUT2D eigenvalue weighted by Crippen LogP contribution is 2.41. The van der Waals surface area contributed by atoms with Crippen LogP contribution in [0.4, 0.5) is 5.82 Å². The van der Waals surface area contributed by atoms with Crippen molar-refractivity contribution in [3.8, 4) is 0 Å². The highest BCUT2D eigenvalue weighted by Gasteiger charge is 2.43. The molecule has 0 aliphatic carbocycles. The fourth-order valence-electron chi connectivity index (χ4n) is 3.12. The van der Waals surface area contributed by atoms with E-state index in [2.05, 4.69) is 9.97 Å². The van der Waals surface area contributed by atoms with E-state index in [-0.39, 0.29) is 22.9 Å². The molecule has 3 heterocycles. The lowest BCUT2D eigenvalue weighted by Gasteiger charge is -2.31. The number of aromatic nitrogens is 2. The molecule has 0 bridgehead atoms. The first-order chi connectivity index (χ1) is 11.7. The Morgan fingerprint density at radius 1 is 1.36 bits per heavy atom. The molecular formula is C18H18ClN3O3. The maximum atomic E-state index is 13.0. The van der Waals surface area contributed by atoms with Gasteiger partial charge in [0.15, 0.2) is 0 Å². The van der Waals surface area contributed by atoms with Gasteiger partial charge in [-0.1, -0.05) is 17.7 Å². The minimum Gasteiger partial charge on any atom is -0.478 e. The van der Waals surface area contributed by atoms with Crippen molar-refractivity contribution in [2.75, 3.05) is 4.90 Å². The van der Waals surface area contributed by atoms with E-state index in [1.165, 1.54) is 12.3 Å². The third kappa shape index (κ3) is 3.09. The number of carbonyl (C=O) groups is 2. The summed E-state index contributed by atoms with van der Waals surface area (Å²) in [5, 5.41) is 9.65. The summed E-state index contributed by atoms with van der Waals surface area (Å²) in [4.78, 5) is 34.7. The third-order valence-corrected chi connectivity index (χ3v) is 4.36. The van der Waals surface area contributed by atoms with Crippen LogP contribution in [0.3, 0.4) is 0 Å². The third-order valence-electron chi connectivity index (χ3n) is 4.16. The van der Waals surface area contributed by atoms with Gasteiger partial charge in [-0.15, -0.1) is 0 Å². The van der Waals surface area contributed by atoms with Crippen molar-refractivity contribution >= 4 is 29.3 Å². The summed E-state index contributed by atoms with van der Waals surface area (Å²) in [7, 11) is 0. The molecule has 0 saturated carbocycles. The van der Waals surface area contributed by atoms with Gasteiger partial charge in [0.2, 0.25) is 5.91 Å². The molecule has 1 aliphatic rings. The molecule has 1 aliphatic heterocycles. The lowest BCUT2D eigenvalue weighted by Crippen LogP contribution is -2.45. The normalized spacial score (nSPS) is 16.9. The van der Waals surface area contributed by atoms with Crippen LogP contribution in [0.1, 0.15) is 48.3 Å². The largest absolute Gasteiger partial charge is 0.478 e. The van der Waals surface area contributed by atoms with Gasteiger partial charge in [0.25, 0.3) is 0 Å². The van der Waals surface area contributed by atoms with Gasteiger partial charge >= 0.3 is 5.97 Å². The molecule has 0 fully saturated rings. The van der Waals surface area contributed by atoms with Crippen molar-refractivity contribution in [1.29, 1.82) is 0 Å². The summed E-state index contributed by atoms with van der Waals surface area (Å²) in [5.74, 6) is -1.12. The summed E-state index contributed by atoms with van der Waals surface area (Å²) in [6.07, 6.45) is 3.23. The van der Waals surface area contributed by atoms with Gasteiger partial charge in [0, 0.05) is 29.9 Å². The minimum absolute atomic E-state index is 0.0138. The standard InChI is InChI=1S/C18H18ClN3O3/c1-18(2,3)22-15-11(5-4-6-20-15)12(16(22)23)8-14-13(17(24)25)7-10(19)9-21-14/h4-7,9,12H,8H2,1-3H3,(H,24,25). The molecule has 0 spiro atoms. The molecule has 6 nitrogen and oxygen atoms in total. The second kappa shape index (κ2) is 6.11. The monoisotopic (exact) mass is 359 g/mol. The van der Waals surface area contributed by atoms with E-state index < -0.39 is 17.4 Å². The number of fused-ring (bicyclic) bond motifs is 1. The first-order valence-corrected chi connectivity index (χ1v) is 8.24. The Morgan fingerprint density at radius 2 is 2.08 bits per heavy atom. The molecule has 1 unspecified atom stereocenters. The number of hydrogen-bond acceptors (Lipinski definition) is 4. The van der Waals surface area contributed by atoms with Crippen molar-refractivity contribution in [3.63, 3.8) is 0 Å². The Morgan fingerprint density at radius 3 is 2.72 bits per heavy atom. The lowest BCUT2D eigenvalue weighted by molar-refractivity contribution is -0.120. The Kier molecular flexibility index (Phi) is 4.24. The number of amides is 1. The number of aromatic carboxylic acids is 1. The highest BCUT2D eigenvalue weighted by molar-refractivity contribution is 6.30. The van der Waals surface area contributed by atoms with Gasteiger partial charge in [-0.05, 0) is 32.9 Å². The van der Waals surface area contributed by atoms with Crippen LogP contribution in [0.25, 0.3) is 0 Å². The molecule has 7 heteroatoms. The average molecular weight is 360 g/mol. The van der Waals surface area contributed by atoms with E-state index in [9.17, 15) is 14.7 Å². The lowest BCUT2D eigenvalue weighted by atomic mass is 9.94. The number of halogens is 1. The maximum Gasteiger partial charge on any atom is 0.337 e. The molecule has 2 aromatic rings. The van der Waals surface area contributed by atoms with Crippen molar-refractivity contribution < 1.29 is 14.7 Å². The molecule has 3 rings (SSSR count). The summed E-state index contributed by atoms with van der Waals surface area (Å²) in [6, 6.07) is 4.99. The second-order valence-electron chi connectivity index (χ2n) is 6.97. The summed E-state index contributed by atoms with van der Waals surface area (Å²) < 4.78 is 0. The van der Waals surface area contributed by atoms with Crippen LogP contribution >= 0.6 is 11.6 Å². The Labute approximate surface area is 150 Å². The van der Waals surface area contributed by atoms with Crippen LogP contribution in [-0.4, -0.2) is 32.5 Å². The van der Waals surface area contributed by atoms with E-state index in [1.807, 2.05) is 26.8 Å². The number of carboxylic acid groups (broad SMARTS) is 1. The topological polar surface area (TPSA) is 83.4 Å². The second-order valence-corrected chi connectivity index (χ2v) is 7.41. The van der Waals surface area contributed by atoms with Crippen LogP contribution in [0.15, 0.2) is 30.6 Å². The fourth-order valence-corrected chi connectivity index (χ4v) is 3.27. The van der Waals surface area contributed by atoms with Crippen molar-refractivity contribution in [3.05, 3.63) is 52.4 Å². The van der Waals surface area contributed by atoms with Crippen LogP contribution in [0.2, 0.25) is 5.02 Å². The number of carbonyl (C=O) groups excluding carboxylic acids is 1. The summed E-state index contributed by atoms with van der Waals surface area (Å²) in [6.45, 7) is 5.82. The number of anilines is 1. The van der Waals surface area contributed by atoms with E-state index in [1.54, 1.807) is 17.2 Å². The Hall–Kier alpha value is -2.47. The van der Waals surface area contributed by atoms with Crippen molar-refractivity contribution in [2.24, 2.45) is 0 Å². The predicted octanol–water partition coefficient (Wildman–Crippen LogP) is 3.30. The highest BCUT2D eigenvalue weighted by atomic mass is 35.5. The molecule has 1 amide bonds. The van der Waals surface area contributed by atoms with Crippen molar-refractivity contribution in [2.45, 2.75) is 38.6 Å². The predicted molar refractivity (Wildman–Crippen MR) is 94.1 cm³/mol. The Balaban J connectivity index is 2.05. The zero-order valence-electron chi connectivity index (χ0n) is 14.2. The average Bonchev–Trinajstić information content (AvgIpc) is 2.81. The maximum absolute atomic E-state index is 13.0. The van der Waals surface area contributed by atoms with Gasteiger partial charge in [0.1, 0.15) is 5.82 Å². The van der Waals surface area contributed by atoms with Crippen molar-refractivity contribution in [1.82, 2.24) is 9.97 Å². The molecule has 0 radical (unpaired) electrons. The number of rotatable bonds is 3. The van der Waals surface area contributed by atoms with Crippen LogP contribution < -0.4 is 4.90 Å². The summed E-state index contributed by atoms with van der Waals surface area (Å²) in [5.41, 5.74) is 0.703. The van der Waals surface area contributed by atoms with E-state index in [4.69, 9.17) is 11.6 Å². The SMILES string of the molecule is CC(C)(C)N1C(=O)C(Cc2ncc(Cl)cc2C(=O)O)c2cccnc21. The molecule has 0 aromatic carbocycles. The number of pyridine rings is 2. The molecular weight excluding hydrogens is 342 g/mol. The molecule has 130 valence electrons. The Bertz CT molecular complexity index is 861. The van der Waals surface area contributed by atoms with E-state index in [0.29, 0.717) is 11.5 Å². The van der Waals surface area contributed by atoms with Crippen LogP contribution in [0.5, 0.6) is 0 Å². The van der Waals surface area contributed by atoms with E-state index in [0.717, 1.165) is 5.56 Å². The van der Waals surface area contributed by atoms with Crippen LogP contribution in [0, 0.1) is 0 Å². The van der Waals surface area contributed by atoms with Gasteiger partial charge in [-0.3, -0.25) is 14.7 Å². The number of hydrogen-bond donors (Lipinski definition) is 1. The molecule has 0 saturated heterocycles.